The first kappa shape index (κ1) is 20.9. The number of nitrogen functional groups attached to an aromatic ring is 1. The van der Waals surface area contributed by atoms with E-state index in [9.17, 15) is 0 Å². The minimum atomic E-state index is 0.477. The molecule has 6 nitrogen and oxygen atoms in total. The number of anilines is 1. The van der Waals surface area contributed by atoms with Gasteiger partial charge >= 0.3 is 0 Å². The van der Waals surface area contributed by atoms with Crippen molar-refractivity contribution in [3.8, 4) is 0 Å². The summed E-state index contributed by atoms with van der Waals surface area (Å²) in [6, 6.07) is 17.0. The van der Waals surface area contributed by atoms with Crippen LogP contribution in [0.2, 0.25) is 0 Å². The molecule has 2 aromatic heterocycles. The van der Waals surface area contributed by atoms with E-state index in [1.54, 1.807) is 0 Å². The number of aromatic nitrogens is 3. The predicted octanol–water partition coefficient (Wildman–Crippen LogP) is 4.28. The Balaban J connectivity index is 1.57. The van der Waals surface area contributed by atoms with Gasteiger partial charge in [0, 0.05) is 18.5 Å². The van der Waals surface area contributed by atoms with Crippen molar-refractivity contribution in [2.45, 2.75) is 39.3 Å². The lowest BCUT2D eigenvalue weighted by molar-refractivity contribution is 0.121. The molecule has 0 saturated heterocycles. The smallest absolute Gasteiger partial charge is 0.152 e. The Morgan fingerprint density at radius 2 is 1.84 bits per heavy atom. The zero-order valence-electron chi connectivity index (χ0n) is 18.6. The molecule has 0 radical (unpaired) electrons. The third-order valence-corrected chi connectivity index (χ3v) is 6.64. The average molecular weight is 430 g/mol. The lowest BCUT2D eigenvalue weighted by Crippen LogP contribution is -2.32. The highest BCUT2D eigenvalue weighted by Gasteiger charge is 2.30. The second kappa shape index (κ2) is 8.88. The number of ether oxygens (including phenoxy) is 1. The first-order valence-corrected chi connectivity index (χ1v) is 11.5. The maximum Gasteiger partial charge on any atom is 0.152 e. The lowest BCUT2D eigenvalue weighted by Gasteiger charge is -2.35. The molecule has 1 fully saturated rings. The van der Waals surface area contributed by atoms with Crippen molar-refractivity contribution in [1.82, 2.24) is 14.5 Å². The van der Waals surface area contributed by atoms with E-state index in [2.05, 4.69) is 47.0 Å². The first-order chi connectivity index (χ1) is 15.7. The molecule has 2 heterocycles. The van der Waals surface area contributed by atoms with Gasteiger partial charge in [-0.05, 0) is 61.8 Å². The zero-order chi connectivity index (χ0) is 22.1. The molecule has 5 rings (SSSR count). The summed E-state index contributed by atoms with van der Waals surface area (Å²) < 4.78 is 8.06. The van der Waals surface area contributed by atoms with Crippen LogP contribution in [0, 0.1) is 11.8 Å². The molecule has 166 valence electrons. The van der Waals surface area contributed by atoms with Crippen LogP contribution in [-0.4, -0.2) is 27.7 Å². The average Bonchev–Trinajstić information content (AvgIpc) is 3.14. The number of imidazole rings is 1. The maximum atomic E-state index is 6.41. The lowest BCUT2D eigenvalue weighted by atomic mass is 9.75. The van der Waals surface area contributed by atoms with E-state index >= 15 is 0 Å². The molecule has 0 amide bonds. The fourth-order valence-electron chi connectivity index (χ4n) is 4.92. The van der Waals surface area contributed by atoms with Crippen LogP contribution < -0.4 is 11.5 Å². The van der Waals surface area contributed by atoms with Crippen molar-refractivity contribution in [1.29, 1.82) is 0 Å². The van der Waals surface area contributed by atoms with Crippen LogP contribution in [0.5, 0.6) is 0 Å². The van der Waals surface area contributed by atoms with Gasteiger partial charge in [-0.2, -0.15) is 0 Å². The Kier molecular flexibility index (Phi) is 5.81. The zero-order valence-corrected chi connectivity index (χ0v) is 18.6. The van der Waals surface area contributed by atoms with Gasteiger partial charge in [-0.25, -0.2) is 9.97 Å². The van der Waals surface area contributed by atoms with Crippen molar-refractivity contribution < 1.29 is 4.74 Å². The van der Waals surface area contributed by atoms with Crippen molar-refractivity contribution in [2.24, 2.45) is 17.6 Å². The molecular formula is C26H31N5O. The van der Waals surface area contributed by atoms with E-state index in [4.69, 9.17) is 26.2 Å². The molecule has 0 bridgehead atoms. The van der Waals surface area contributed by atoms with Crippen LogP contribution in [0.3, 0.4) is 0 Å². The number of hydrogen-bond acceptors (Lipinski definition) is 5. The molecular weight excluding hydrogens is 398 g/mol. The SMILES string of the molecule is CCOCc1nc2c(N)nc3cc(Cc4ccccc4)ccc3c2n1CC1CC(CN)C1. The third kappa shape index (κ3) is 3.96. The van der Waals surface area contributed by atoms with Crippen LogP contribution >= 0.6 is 0 Å². The van der Waals surface area contributed by atoms with Gasteiger partial charge in [-0.3, -0.25) is 0 Å². The number of nitrogens with two attached hydrogens (primary N) is 2. The Hall–Kier alpha value is -2.96. The Morgan fingerprint density at radius 3 is 2.59 bits per heavy atom. The van der Waals surface area contributed by atoms with Gasteiger partial charge in [0.05, 0.1) is 11.0 Å². The van der Waals surface area contributed by atoms with Gasteiger partial charge in [-0.15, -0.1) is 0 Å². The molecule has 2 aromatic carbocycles. The summed E-state index contributed by atoms with van der Waals surface area (Å²) in [6.45, 7) is 4.82. The van der Waals surface area contributed by atoms with Gasteiger partial charge in [0.15, 0.2) is 5.82 Å². The highest BCUT2D eigenvalue weighted by atomic mass is 16.5. The van der Waals surface area contributed by atoms with Gasteiger partial charge < -0.3 is 20.8 Å². The van der Waals surface area contributed by atoms with Gasteiger partial charge in [0.25, 0.3) is 0 Å². The van der Waals surface area contributed by atoms with Gasteiger partial charge in [-0.1, -0.05) is 42.5 Å². The fourth-order valence-corrected chi connectivity index (χ4v) is 4.92. The number of benzene rings is 2. The molecule has 0 spiro atoms. The predicted molar refractivity (Wildman–Crippen MR) is 129 cm³/mol. The molecule has 4 N–H and O–H groups in total. The number of nitrogens with zero attached hydrogens (tertiary/aromatic N) is 3. The molecule has 4 aromatic rings. The molecule has 0 aliphatic heterocycles. The minimum absolute atomic E-state index is 0.477. The summed E-state index contributed by atoms with van der Waals surface area (Å²) in [5.74, 6) is 2.67. The van der Waals surface area contributed by atoms with Crippen molar-refractivity contribution >= 4 is 27.8 Å². The molecule has 0 atom stereocenters. The Bertz CT molecular complexity index is 1230. The fraction of sp³-hybridized carbons (Fsp3) is 0.385. The first-order valence-electron chi connectivity index (χ1n) is 11.5. The number of fused-ring (bicyclic) bond motifs is 3. The van der Waals surface area contributed by atoms with Crippen molar-refractivity contribution in [3.63, 3.8) is 0 Å². The van der Waals surface area contributed by atoms with Crippen molar-refractivity contribution in [3.05, 3.63) is 65.5 Å². The highest BCUT2D eigenvalue weighted by Crippen LogP contribution is 2.37. The quantitative estimate of drug-likeness (QED) is 0.436. The van der Waals surface area contributed by atoms with Gasteiger partial charge in [0.1, 0.15) is 17.9 Å². The van der Waals surface area contributed by atoms with Crippen molar-refractivity contribution in [2.75, 3.05) is 18.9 Å². The number of pyridine rings is 1. The summed E-state index contributed by atoms with van der Waals surface area (Å²) >= 11 is 0. The third-order valence-electron chi connectivity index (χ3n) is 6.64. The van der Waals surface area contributed by atoms with E-state index in [1.165, 1.54) is 24.0 Å². The molecule has 0 unspecified atom stereocenters. The monoisotopic (exact) mass is 429 g/mol. The standard InChI is InChI=1S/C26H31N5O/c1-2-32-16-23-30-24-25(31(23)15-20-11-19(12-20)14-27)21-9-8-18(13-22(21)29-26(24)28)10-17-6-4-3-5-7-17/h3-9,13,19-20H,2,10-12,14-16,27H2,1H3,(H2,28,29). The summed E-state index contributed by atoms with van der Waals surface area (Å²) in [7, 11) is 0. The summed E-state index contributed by atoms with van der Waals surface area (Å²) in [5, 5.41) is 1.09. The van der Waals surface area contributed by atoms with Crippen LogP contribution in [0.1, 0.15) is 36.7 Å². The Morgan fingerprint density at radius 1 is 1.03 bits per heavy atom. The molecule has 1 aliphatic rings. The van der Waals surface area contributed by atoms with Gasteiger partial charge in [0.2, 0.25) is 0 Å². The second-order valence-corrected chi connectivity index (χ2v) is 8.92. The number of rotatable bonds is 8. The largest absolute Gasteiger partial charge is 0.382 e. The second-order valence-electron chi connectivity index (χ2n) is 8.92. The van der Waals surface area contributed by atoms with E-state index in [1.807, 2.05) is 13.0 Å². The van der Waals surface area contributed by atoms with E-state index in [-0.39, 0.29) is 0 Å². The van der Waals surface area contributed by atoms with E-state index in [0.29, 0.717) is 30.9 Å². The van der Waals surface area contributed by atoms with E-state index < -0.39 is 0 Å². The summed E-state index contributed by atoms with van der Waals surface area (Å²) in [4.78, 5) is 9.59. The Labute approximate surface area is 188 Å². The minimum Gasteiger partial charge on any atom is -0.382 e. The van der Waals surface area contributed by atoms with Crippen LogP contribution in [-0.2, 0) is 24.3 Å². The summed E-state index contributed by atoms with van der Waals surface area (Å²) in [6.07, 6.45) is 3.21. The van der Waals surface area contributed by atoms with E-state index in [0.717, 1.165) is 47.3 Å². The normalized spacial score (nSPS) is 18.3. The number of hydrogen-bond donors (Lipinski definition) is 2. The highest BCUT2D eigenvalue weighted by molar-refractivity contribution is 6.06. The van der Waals surface area contributed by atoms with Crippen LogP contribution in [0.25, 0.3) is 21.9 Å². The summed E-state index contributed by atoms with van der Waals surface area (Å²) in [5.41, 5.74) is 17.5. The van der Waals surface area contributed by atoms with Crippen LogP contribution in [0.4, 0.5) is 5.82 Å². The van der Waals surface area contributed by atoms with Crippen LogP contribution in [0.15, 0.2) is 48.5 Å². The molecule has 1 aliphatic carbocycles. The molecule has 1 saturated carbocycles. The topological polar surface area (TPSA) is 92.0 Å². The maximum absolute atomic E-state index is 6.41. The molecule has 32 heavy (non-hydrogen) atoms. The molecule has 6 heteroatoms.